The van der Waals surface area contributed by atoms with Gasteiger partial charge in [-0.15, -0.1) is 0 Å². The highest BCUT2D eigenvalue weighted by Gasteiger charge is 2.67. The molecule has 0 unspecified atom stereocenters. The number of carbonyl (C=O) groups is 3. The van der Waals surface area contributed by atoms with Gasteiger partial charge in [-0.1, -0.05) is 31.9 Å². The summed E-state index contributed by atoms with van der Waals surface area (Å²) in [5.41, 5.74) is 0. The molecular weight excluding hydrogens is 456 g/mol. The van der Waals surface area contributed by atoms with Gasteiger partial charge in [0.25, 0.3) is 0 Å². The van der Waals surface area contributed by atoms with Crippen molar-refractivity contribution in [2.45, 2.75) is 48.0 Å². The third kappa shape index (κ3) is 2.70. The molecule has 2 bridgehead atoms. The molecule has 25 heavy (non-hydrogen) atoms. The highest BCUT2D eigenvalue weighted by Crippen LogP contribution is 2.60. The molecule has 0 radical (unpaired) electrons. The minimum Gasteiger partial charge on any atom is -0.376 e. The van der Waals surface area contributed by atoms with E-state index < -0.39 is 6.04 Å². The van der Waals surface area contributed by atoms with Crippen LogP contribution in [0.4, 0.5) is 0 Å². The molecule has 4 rings (SSSR count). The first kappa shape index (κ1) is 17.9. The number of nitrogens with one attached hydrogen (secondary N) is 1. The number of ether oxygens (including phenoxy) is 1. The molecule has 4 aliphatic rings. The summed E-state index contributed by atoms with van der Waals surface area (Å²) in [5, 5.41) is 2.84. The van der Waals surface area contributed by atoms with Crippen molar-refractivity contribution in [3.05, 3.63) is 0 Å². The number of fused-ring (bicyclic) bond motifs is 5. The SMILES string of the molecule is C[C@@H](C(=O)NC[C@@H]1CCCO1)N1C(=O)[C@@H]2[C@@H]3C[C@H]([C@@H](Br)[C@H]3Br)[C@@H]2C1=O. The van der Waals surface area contributed by atoms with E-state index in [2.05, 4.69) is 37.2 Å². The monoisotopic (exact) mass is 476 g/mol. The molecule has 2 heterocycles. The molecule has 2 saturated heterocycles. The molecule has 2 saturated carbocycles. The second kappa shape index (κ2) is 6.60. The summed E-state index contributed by atoms with van der Waals surface area (Å²) in [6.45, 7) is 2.80. The third-order valence-electron chi connectivity index (χ3n) is 6.32. The van der Waals surface area contributed by atoms with Gasteiger partial charge in [0.2, 0.25) is 17.7 Å². The van der Waals surface area contributed by atoms with Crippen molar-refractivity contribution in [3.8, 4) is 0 Å². The van der Waals surface area contributed by atoms with E-state index in [0.717, 1.165) is 25.9 Å². The van der Waals surface area contributed by atoms with Gasteiger partial charge in [-0.25, -0.2) is 0 Å². The molecule has 1 N–H and O–H groups in total. The van der Waals surface area contributed by atoms with E-state index in [-0.39, 0.29) is 57.2 Å². The minimum atomic E-state index is -0.769. The Morgan fingerprint density at radius 1 is 1.24 bits per heavy atom. The topological polar surface area (TPSA) is 75.7 Å². The highest BCUT2D eigenvalue weighted by molar-refractivity contribution is 9.12. The second-order valence-corrected chi connectivity index (χ2v) is 9.72. The Morgan fingerprint density at radius 3 is 2.36 bits per heavy atom. The average Bonchev–Trinajstić information content (AvgIpc) is 3.33. The summed E-state index contributed by atoms with van der Waals surface area (Å²) in [6.07, 6.45) is 2.88. The molecule has 2 aliphatic carbocycles. The molecule has 8 heteroatoms. The van der Waals surface area contributed by atoms with Crippen LogP contribution in [0.5, 0.6) is 0 Å². The van der Waals surface area contributed by atoms with E-state index >= 15 is 0 Å². The molecule has 4 fully saturated rings. The van der Waals surface area contributed by atoms with Crippen LogP contribution in [-0.2, 0) is 19.1 Å². The van der Waals surface area contributed by atoms with Crippen molar-refractivity contribution >= 4 is 49.6 Å². The van der Waals surface area contributed by atoms with Gasteiger partial charge in [-0.05, 0) is 38.0 Å². The highest BCUT2D eigenvalue weighted by atomic mass is 79.9. The van der Waals surface area contributed by atoms with E-state index in [1.54, 1.807) is 6.92 Å². The van der Waals surface area contributed by atoms with Crippen LogP contribution in [0.15, 0.2) is 0 Å². The first-order valence-corrected chi connectivity index (χ1v) is 10.8. The number of halogens is 2. The molecule has 8 atom stereocenters. The van der Waals surface area contributed by atoms with E-state index in [4.69, 9.17) is 4.74 Å². The van der Waals surface area contributed by atoms with Crippen molar-refractivity contribution in [1.82, 2.24) is 10.2 Å². The lowest BCUT2D eigenvalue weighted by atomic mass is 9.81. The summed E-state index contributed by atoms with van der Waals surface area (Å²) in [4.78, 5) is 39.9. The fourth-order valence-corrected chi connectivity index (χ4v) is 6.91. The summed E-state index contributed by atoms with van der Waals surface area (Å²) < 4.78 is 5.50. The van der Waals surface area contributed by atoms with Gasteiger partial charge < -0.3 is 10.1 Å². The standard InChI is InChI=1S/C17H22Br2N2O4/c1-7(15(22)20-6-8-3-2-4-25-8)21-16(23)11-9-5-10(12(11)17(21)24)14(19)13(9)18/h7-14H,2-6H2,1H3,(H,20,22)/t7-,8-,9-,10-,11-,12+,13+,14-/m0/s1. The normalized spacial score (nSPS) is 43.6. The summed E-state index contributed by atoms with van der Waals surface area (Å²) in [7, 11) is 0. The molecule has 0 aromatic carbocycles. The Hall–Kier alpha value is -0.470. The Labute approximate surface area is 163 Å². The van der Waals surface area contributed by atoms with Crippen LogP contribution in [-0.4, -0.2) is 57.6 Å². The van der Waals surface area contributed by atoms with Gasteiger partial charge in [0.05, 0.1) is 17.9 Å². The Bertz CT molecular complexity index is 577. The predicted octanol–water partition coefficient (Wildman–Crippen LogP) is 1.45. The maximum Gasteiger partial charge on any atom is 0.243 e. The summed E-state index contributed by atoms with van der Waals surface area (Å²) in [6, 6.07) is -0.769. The average molecular weight is 478 g/mol. The van der Waals surface area contributed by atoms with Gasteiger partial charge in [0.1, 0.15) is 6.04 Å². The number of imide groups is 1. The maximum absolute atomic E-state index is 12.9. The first-order chi connectivity index (χ1) is 11.9. The lowest BCUT2D eigenvalue weighted by Crippen LogP contribution is -2.50. The van der Waals surface area contributed by atoms with Gasteiger partial charge in [-0.2, -0.15) is 0 Å². The zero-order valence-corrected chi connectivity index (χ0v) is 17.2. The number of rotatable bonds is 4. The van der Waals surface area contributed by atoms with Crippen LogP contribution in [0.2, 0.25) is 0 Å². The lowest BCUT2D eigenvalue weighted by molar-refractivity contribution is -0.148. The molecule has 138 valence electrons. The summed E-state index contributed by atoms with van der Waals surface area (Å²) in [5.74, 6) is -0.841. The Kier molecular flexibility index (Phi) is 4.73. The molecule has 0 spiro atoms. The van der Waals surface area contributed by atoms with Gasteiger partial charge in [-0.3, -0.25) is 19.3 Å². The largest absolute Gasteiger partial charge is 0.376 e. The van der Waals surface area contributed by atoms with Crippen molar-refractivity contribution in [2.24, 2.45) is 23.7 Å². The van der Waals surface area contributed by atoms with Crippen molar-refractivity contribution in [2.75, 3.05) is 13.2 Å². The fraction of sp³-hybridized carbons (Fsp3) is 0.824. The zero-order valence-electron chi connectivity index (χ0n) is 14.0. The number of nitrogens with zero attached hydrogens (tertiary/aromatic N) is 1. The smallest absolute Gasteiger partial charge is 0.243 e. The molecule has 3 amide bonds. The predicted molar refractivity (Wildman–Crippen MR) is 97.3 cm³/mol. The van der Waals surface area contributed by atoms with Crippen LogP contribution in [0, 0.1) is 23.7 Å². The minimum absolute atomic E-state index is 0.0414. The Balaban J connectivity index is 1.45. The maximum atomic E-state index is 12.9. The van der Waals surface area contributed by atoms with Gasteiger partial charge in [0, 0.05) is 22.8 Å². The summed E-state index contributed by atoms with van der Waals surface area (Å²) >= 11 is 7.34. The van der Waals surface area contributed by atoms with E-state index in [1.165, 1.54) is 4.90 Å². The molecule has 0 aromatic heterocycles. The number of hydrogen-bond donors (Lipinski definition) is 1. The quantitative estimate of drug-likeness (QED) is 0.491. The van der Waals surface area contributed by atoms with Crippen LogP contribution >= 0.6 is 31.9 Å². The molecule has 6 nitrogen and oxygen atoms in total. The Morgan fingerprint density at radius 2 is 1.84 bits per heavy atom. The number of alkyl halides is 2. The van der Waals surface area contributed by atoms with Crippen molar-refractivity contribution in [3.63, 3.8) is 0 Å². The number of likely N-dealkylation sites (tertiary alicyclic amines) is 1. The second-order valence-electron chi connectivity index (χ2n) is 7.61. The van der Waals surface area contributed by atoms with Gasteiger partial charge in [0.15, 0.2) is 0 Å². The molecule has 2 aliphatic heterocycles. The third-order valence-corrected chi connectivity index (χ3v) is 9.52. The van der Waals surface area contributed by atoms with Crippen LogP contribution < -0.4 is 5.32 Å². The van der Waals surface area contributed by atoms with Crippen LogP contribution in [0.25, 0.3) is 0 Å². The fourth-order valence-electron chi connectivity index (χ4n) is 5.04. The number of hydrogen-bond acceptors (Lipinski definition) is 4. The molecule has 0 aromatic rings. The van der Waals surface area contributed by atoms with Crippen molar-refractivity contribution < 1.29 is 19.1 Å². The number of amides is 3. The number of carbonyl (C=O) groups excluding carboxylic acids is 3. The van der Waals surface area contributed by atoms with E-state index in [0.29, 0.717) is 6.54 Å². The van der Waals surface area contributed by atoms with Gasteiger partial charge >= 0.3 is 0 Å². The van der Waals surface area contributed by atoms with E-state index in [9.17, 15) is 14.4 Å². The lowest BCUT2D eigenvalue weighted by Gasteiger charge is -2.28. The van der Waals surface area contributed by atoms with Crippen molar-refractivity contribution in [1.29, 1.82) is 0 Å². The molecular formula is C17H22Br2N2O4. The van der Waals surface area contributed by atoms with Crippen LogP contribution in [0.1, 0.15) is 26.2 Å². The van der Waals surface area contributed by atoms with E-state index in [1.807, 2.05) is 0 Å². The first-order valence-electron chi connectivity index (χ1n) is 8.96. The van der Waals surface area contributed by atoms with Crippen LogP contribution in [0.3, 0.4) is 0 Å². The zero-order chi connectivity index (χ0) is 17.9.